The average molecular weight is 322 g/mol. The van der Waals surface area contributed by atoms with Gasteiger partial charge in [0.05, 0.1) is 6.42 Å². The van der Waals surface area contributed by atoms with E-state index in [4.69, 9.17) is 9.15 Å². The van der Waals surface area contributed by atoms with E-state index in [9.17, 15) is 4.79 Å². The molecule has 24 heavy (non-hydrogen) atoms. The van der Waals surface area contributed by atoms with Crippen molar-refractivity contribution < 1.29 is 13.9 Å². The van der Waals surface area contributed by atoms with E-state index in [2.05, 4.69) is 9.97 Å². The summed E-state index contributed by atoms with van der Waals surface area (Å²) in [6, 6.07) is 13.4. The van der Waals surface area contributed by atoms with Crippen molar-refractivity contribution in [3.05, 3.63) is 72.4 Å². The van der Waals surface area contributed by atoms with Crippen LogP contribution in [-0.4, -0.2) is 15.9 Å². The van der Waals surface area contributed by atoms with Gasteiger partial charge in [0.2, 0.25) is 5.89 Å². The monoisotopic (exact) mass is 322 g/mol. The van der Waals surface area contributed by atoms with Crippen molar-refractivity contribution in [3.8, 4) is 11.5 Å². The number of ether oxygens (including phenoxy) is 1. The second-order valence-corrected chi connectivity index (χ2v) is 5.56. The van der Waals surface area contributed by atoms with Gasteiger partial charge in [-0.25, -0.2) is 4.98 Å². The van der Waals surface area contributed by atoms with Crippen molar-refractivity contribution in [3.63, 3.8) is 0 Å². The largest absolute Gasteiger partial charge is 0.459 e. The van der Waals surface area contributed by atoms with Gasteiger partial charge in [-0.1, -0.05) is 31.2 Å². The molecule has 0 spiro atoms. The number of hydrogen-bond acceptors (Lipinski definition) is 5. The Balaban J connectivity index is 1.53. The van der Waals surface area contributed by atoms with Crippen molar-refractivity contribution in [1.82, 2.24) is 9.97 Å². The molecule has 0 aliphatic carbocycles. The highest BCUT2D eigenvalue weighted by molar-refractivity contribution is 5.70. The summed E-state index contributed by atoms with van der Waals surface area (Å²) < 4.78 is 10.7. The lowest BCUT2D eigenvalue weighted by Crippen LogP contribution is -2.09. The molecule has 1 aromatic carbocycles. The quantitative estimate of drug-likeness (QED) is 0.642. The molecule has 2 aromatic heterocycles. The van der Waals surface area contributed by atoms with Crippen LogP contribution in [0.3, 0.4) is 0 Å². The lowest BCUT2D eigenvalue weighted by Gasteiger charge is -2.10. The first-order chi connectivity index (χ1) is 11.7. The number of aromatic nitrogens is 2. The maximum absolute atomic E-state index is 12.0. The van der Waals surface area contributed by atoms with Gasteiger partial charge in [-0.3, -0.25) is 9.78 Å². The predicted octanol–water partition coefficient (Wildman–Crippen LogP) is 3.97. The van der Waals surface area contributed by atoms with E-state index in [1.807, 2.05) is 49.4 Å². The van der Waals surface area contributed by atoms with E-state index in [1.165, 1.54) is 6.26 Å². The molecule has 0 radical (unpaired) electrons. The molecule has 0 fully saturated rings. The molecule has 5 nitrogen and oxygen atoms in total. The van der Waals surface area contributed by atoms with Crippen LogP contribution in [0.5, 0.6) is 0 Å². The normalized spacial score (nSPS) is 11.9. The summed E-state index contributed by atoms with van der Waals surface area (Å²) in [4.78, 5) is 20.4. The fourth-order valence-corrected chi connectivity index (χ4v) is 2.34. The molecule has 3 rings (SSSR count). The summed E-state index contributed by atoms with van der Waals surface area (Å²) in [6.45, 7) is 2.08. The highest BCUT2D eigenvalue weighted by atomic mass is 16.5. The molecule has 1 unspecified atom stereocenters. The summed E-state index contributed by atoms with van der Waals surface area (Å²) in [5.74, 6) is 0.310. The van der Waals surface area contributed by atoms with Crippen molar-refractivity contribution in [1.29, 1.82) is 0 Å². The Hall–Kier alpha value is -2.95. The highest BCUT2D eigenvalue weighted by Gasteiger charge is 2.14. The second kappa shape index (κ2) is 7.55. The van der Waals surface area contributed by atoms with Gasteiger partial charge in [0.15, 0.2) is 0 Å². The molecular weight excluding hydrogens is 304 g/mol. The zero-order valence-electron chi connectivity index (χ0n) is 13.4. The Morgan fingerprint density at radius 3 is 2.79 bits per heavy atom. The van der Waals surface area contributed by atoms with E-state index >= 15 is 0 Å². The first-order valence-corrected chi connectivity index (χ1v) is 7.78. The van der Waals surface area contributed by atoms with Gasteiger partial charge in [-0.15, -0.1) is 0 Å². The minimum Gasteiger partial charge on any atom is -0.459 e. The van der Waals surface area contributed by atoms with Crippen LogP contribution in [0, 0.1) is 0 Å². The number of pyridine rings is 1. The topological polar surface area (TPSA) is 65.2 Å². The van der Waals surface area contributed by atoms with Gasteiger partial charge in [0, 0.05) is 18.0 Å². The Bertz CT molecular complexity index is 785. The van der Waals surface area contributed by atoms with Gasteiger partial charge >= 0.3 is 5.97 Å². The van der Waals surface area contributed by atoms with Crippen molar-refractivity contribution in [2.75, 3.05) is 0 Å². The summed E-state index contributed by atoms with van der Waals surface area (Å²) in [7, 11) is 0. The maximum Gasteiger partial charge on any atom is 0.306 e. The Morgan fingerprint density at radius 2 is 2.04 bits per heavy atom. The van der Waals surface area contributed by atoms with E-state index < -0.39 is 0 Å². The molecule has 0 bridgehead atoms. The van der Waals surface area contributed by atoms with Gasteiger partial charge in [-0.05, 0) is 29.7 Å². The zero-order chi connectivity index (χ0) is 16.8. The second-order valence-electron chi connectivity index (χ2n) is 5.56. The smallest absolute Gasteiger partial charge is 0.306 e. The molecular formula is C19H18N2O3. The molecule has 0 aliphatic rings. The van der Waals surface area contributed by atoms with Gasteiger partial charge in [-0.2, -0.15) is 0 Å². The third-order valence-electron chi connectivity index (χ3n) is 3.68. The Morgan fingerprint density at radius 1 is 1.21 bits per heavy atom. The standard InChI is InChI=1S/C19H18N2O3/c1-14(16-8-5-9-20-11-16)10-18(22)23-12-17-13-24-19(21-17)15-6-3-2-4-7-15/h2-9,11,13-14H,10,12H2,1H3. The minimum atomic E-state index is -0.268. The summed E-state index contributed by atoms with van der Waals surface area (Å²) >= 11 is 0. The van der Waals surface area contributed by atoms with Crippen LogP contribution in [-0.2, 0) is 16.1 Å². The number of oxazole rings is 1. The SMILES string of the molecule is CC(CC(=O)OCc1coc(-c2ccccc2)n1)c1cccnc1. The lowest BCUT2D eigenvalue weighted by molar-refractivity contribution is -0.145. The maximum atomic E-state index is 12.0. The molecule has 0 N–H and O–H groups in total. The molecule has 0 amide bonds. The number of benzene rings is 1. The Kier molecular flexibility index (Phi) is 5.01. The molecule has 5 heteroatoms. The van der Waals surface area contributed by atoms with Crippen LogP contribution in [0.1, 0.15) is 30.5 Å². The number of esters is 1. The third-order valence-corrected chi connectivity index (χ3v) is 3.68. The highest BCUT2D eigenvalue weighted by Crippen LogP contribution is 2.20. The van der Waals surface area contributed by atoms with Crippen LogP contribution in [0.4, 0.5) is 0 Å². The summed E-state index contributed by atoms with van der Waals surface area (Å²) in [5.41, 5.74) is 2.50. The van der Waals surface area contributed by atoms with Gasteiger partial charge in [0.1, 0.15) is 18.6 Å². The van der Waals surface area contributed by atoms with Crippen molar-refractivity contribution >= 4 is 5.97 Å². The van der Waals surface area contributed by atoms with Crippen LogP contribution >= 0.6 is 0 Å². The van der Waals surface area contributed by atoms with E-state index in [1.54, 1.807) is 12.4 Å². The van der Waals surface area contributed by atoms with E-state index in [-0.39, 0.29) is 18.5 Å². The average Bonchev–Trinajstić information content (AvgIpc) is 3.10. The predicted molar refractivity (Wildman–Crippen MR) is 89.0 cm³/mol. The number of carbonyl (C=O) groups excluding carboxylic acids is 1. The van der Waals surface area contributed by atoms with E-state index in [0.29, 0.717) is 18.0 Å². The fraction of sp³-hybridized carbons (Fsp3) is 0.211. The molecule has 2 heterocycles. The number of hydrogen-bond donors (Lipinski definition) is 0. The van der Waals surface area contributed by atoms with Gasteiger partial charge in [0.25, 0.3) is 0 Å². The van der Waals surface area contributed by atoms with Crippen LogP contribution in [0.25, 0.3) is 11.5 Å². The molecule has 0 aliphatic heterocycles. The molecule has 0 saturated carbocycles. The fourth-order valence-electron chi connectivity index (χ4n) is 2.34. The lowest BCUT2D eigenvalue weighted by atomic mass is 10.00. The summed E-state index contributed by atoms with van der Waals surface area (Å²) in [6.07, 6.45) is 5.29. The first-order valence-electron chi connectivity index (χ1n) is 7.78. The number of carbonyl (C=O) groups is 1. The van der Waals surface area contributed by atoms with Crippen molar-refractivity contribution in [2.24, 2.45) is 0 Å². The molecule has 122 valence electrons. The molecule has 3 aromatic rings. The van der Waals surface area contributed by atoms with Crippen molar-refractivity contribution in [2.45, 2.75) is 25.9 Å². The summed E-state index contributed by atoms with van der Waals surface area (Å²) in [5, 5.41) is 0. The molecule has 1 atom stereocenters. The van der Waals surface area contributed by atoms with Crippen LogP contribution in [0.15, 0.2) is 65.5 Å². The van der Waals surface area contributed by atoms with Crippen LogP contribution < -0.4 is 0 Å². The first kappa shape index (κ1) is 15.9. The van der Waals surface area contributed by atoms with Crippen LogP contribution in [0.2, 0.25) is 0 Å². The number of nitrogens with zero attached hydrogens (tertiary/aromatic N) is 2. The van der Waals surface area contributed by atoms with E-state index in [0.717, 1.165) is 11.1 Å². The minimum absolute atomic E-state index is 0.0587. The third kappa shape index (κ3) is 4.07. The number of rotatable bonds is 6. The molecule has 0 saturated heterocycles. The van der Waals surface area contributed by atoms with Gasteiger partial charge < -0.3 is 9.15 Å². The Labute approximate surface area is 140 Å². The zero-order valence-corrected chi connectivity index (χ0v) is 13.4.